The fourth-order valence-corrected chi connectivity index (χ4v) is 2.59. The van der Waals surface area contributed by atoms with E-state index < -0.39 is 0 Å². The fraction of sp³-hybridized carbons (Fsp3) is 0.400. The van der Waals surface area contributed by atoms with Crippen molar-refractivity contribution in [2.24, 2.45) is 0 Å². The van der Waals surface area contributed by atoms with E-state index in [9.17, 15) is 0 Å². The quantitative estimate of drug-likeness (QED) is 0.915. The van der Waals surface area contributed by atoms with Gasteiger partial charge in [-0.1, -0.05) is 17.3 Å². The molecule has 1 atom stereocenters. The van der Waals surface area contributed by atoms with E-state index in [1.54, 1.807) is 13.3 Å². The summed E-state index contributed by atoms with van der Waals surface area (Å²) in [5, 5.41) is 7.44. The van der Waals surface area contributed by atoms with Crippen molar-refractivity contribution in [3.63, 3.8) is 0 Å². The number of methoxy groups -OCH3 is 1. The second-order valence-corrected chi connectivity index (χ2v) is 4.89. The first kappa shape index (κ1) is 12.2. The molecule has 1 aromatic heterocycles. The van der Waals surface area contributed by atoms with E-state index in [1.165, 1.54) is 12.8 Å². The molecule has 3 rings (SSSR count). The van der Waals surface area contributed by atoms with E-state index in [-0.39, 0.29) is 0 Å². The summed E-state index contributed by atoms with van der Waals surface area (Å²) in [5.41, 5.74) is 2.15. The largest absolute Gasteiger partial charge is 0.497 e. The Bertz CT molecular complexity index is 545. The molecule has 2 heterocycles. The highest BCUT2D eigenvalue weighted by atomic mass is 16.5. The van der Waals surface area contributed by atoms with Gasteiger partial charge in [-0.2, -0.15) is 0 Å². The normalized spacial score (nSPS) is 18.7. The molecule has 2 aromatic rings. The number of ether oxygens (including phenoxy) is 1. The summed E-state index contributed by atoms with van der Waals surface area (Å²) in [7, 11) is 1.68. The summed E-state index contributed by atoms with van der Waals surface area (Å²) in [4.78, 5) is 0. The number of nitrogens with one attached hydrogen (secondary N) is 1. The molecule has 4 nitrogen and oxygen atoms in total. The van der Waals surface area contributed by atoms with Gasteiger partial charge in [0.05, 0.1) is 13.3 Å². The Hall–Kier alpha value is -1.81. The van der Waals surface area contributed by atoms with E-state index >= 15 is 0 Å². The van der Waals surface area contributed by atoms with Crippen LogP contribution in [0.25, 0.3) is 11.1 Å². The number of hydrogen-bond acceptors (Lipinski definition) is 4. The third-order valence-electron chi connectivity index (χ3n) is 3.62. The van der Waals surface area contributed by atoms with Crippen LogP contribution in [0.5, 0.6) is 5.75 Å². The van der Waals surface area contributed by atoms with Gasteiger partial charge >= 0.3 is 0 Å². The van der Waals surface area contributed by atoms with Crippen LogP contribution in [0.3, 0.4) is 0 Å². The Balaban J connectivity index is 1.85. The molecule has 1 N–H and O–H groups in total. The minimum atomic E-state index is 0.511. The molecule has 0 aliphatic carbocycles. The lowest BCUT2D eigenvalue weighted by molar-refractivity contribution is 0.370. The molecule has 1 saturated heterocycles. The maximum atomic E-state index is 5.42. The Morgan fingerprint density at radius 3 is 3.21 bits per heavy atom. The van der Waals surface area contributed by atoms with Crippen molar-refractivity contribution >= 4 is 0 Å². The van der Waals surface area contributed by atoms with Crippen molar-refractivity contribution in [1.82, 2.24) is 10.5 Å². The predicted molar refractivity (Wildman–Crippen MR) is 73.2 cm³/mol. The molecule has 0 radical (unpaired) electrons. The lowest BCUT2D eigenvalue weighted by Gasteiger charge is -2.09. The van der Waals surface area contributed by atoms with Gasteiger partial charge in [0.15, 0.2) is 0 Å². The number of rotatable bonds is 4. The Morgan fingerprint density at radius 2 is 2.42 bits per heavy atom. The summed E-state index contributed by atoms with van der Waals surface area (Å²) in [5.74, 6) is 1.80. The zero-order valence-corrected chi connectivity index (χ0v) is 11.1. The molecule has 19 heavy (non-hydrogen) atoms. The molecule has 1 fully saturated rings. The van der Waals surface area contributed by atoms with Gasteiger partial charge in [-0.15, -0.1) is 0 Å². The molecule has 0 saturated carbocycles. The zero-order valence-electron chi connectivity index (χ0n) is 11.1. The molecule has 0 bridgehead atoms. The van der Waals surface area contributed by atoms with E-state index in [0.717, 1.165) is 35.6 Å². The SMILES string of the molecule is COc1cccc(-c2cnoc2CC2CCCN2)c1. The van der Waals surface area contributed by atoms with Crippen LogP contribution >= 0.6 is 0 Å². The minimum absolute atomic E-state index is 0.511. The van der Waals surface area contributed by atoms with Gasteiger partial charge in [0.2, 0.25) is 0 Å². The van der Waals surface area contributed by atoms with E-state index in [1.807, 2.05) is 18.2 Å². The summed E-state index contributed by atoms with van der Waals surface area (Å²) >= 11 is 0. The minimum Gasteiger partial charge on any atom is -0.497 e. The molecule has 1 unspecified atom stereocenters. The third kappa shape index (κ3) is 2.63. The van der Waals surface area contributed by atoms with Crippen molar-refractivity contribution < 1.29 is 9.26 Å². The molecule has 1 aliphatic rings. The third-order valence-corrected chi connectivity index (χ3v) is 3.62. The number of nitrogens with zero attached hydrogens (tertiary/aromatic N) is 1. The average molecular weight is 258 g/mol. The topological polar surface area (TPSA) is 47.3 Å². The van der Waals surface area contributed by atoms with Gasteiger partial charge in [0, 0.05) is 18.0 Å². The summed E-state index contributed by atoms with van der Waals surface area (Å²) in [6.07, 6.45) is 5.14. The number of aromatic nitrogens is 1. The maximum absolute atomic E-state index is 5.42. The maximum Gasteiger partial charge on any atom is 0.146 e. The second kappa shape index (κ2) is 5.45. The Labute approximate surface area is 112 Å². The molecular formula is C15H18N2O2. The van der Waals surface area contributed by atoms with Gasteiger partial charge in [0.25, 0.3) is 0 Å². The fourth-order valence-electron chi connectivity index (χ4n) is 2.59. The highest BCUT2D eigenvalue weighted by Gasteiger charge is 2.19. The number of benzene rings is 1. The van der Waals surface area contributed by atoms with Gasteiger partial charge < -0.3 is 14.6 Å². The van der Waals surface area contributed by atoms with E-state index in [0.29, 0.717) is 6.04 Å². The van der Waals surface area contributed by atoms with Crippen molar-refractivity contribution in [2.75, 3.05) is 13.7 Å². The first-order valence-electron chi connectivity index (χ1n) is 6.68. The highest BCUT2D eigenvalue weighted by Crippen LogP contribution is 2.28. The smallest absolute Gasteiger partial charge is 0.146 e. The lowest BCUT2D eigenvalue weighted by atomic mass is 10.0. The second-order valence-electron chi connectivity index (χ2n) is 4.89. The standard InChI is InChI=1S/C15H18N2O2/c1-18-13-6-2-4-11(8-13)14-10-17-19-15(14)9-12-5-3-7-16-12/h2,4,6,8,10,12,16H,3,5,7,9H2,1H3. The van der Waals surface area contributed by atoms with Crippen LogP contribution in [-0.4, -0.2) is 24.9 Å². The van der Waals surface area contributed by atoms with Crippen LogP contribution in [0.15, 0.2) is 35.0 Å². The van der Waals surface area contributed by atoms with E-state index in [2.05, 4.69) is 16.5 Å². The van der Waals surface area contributed by atoms with Crippen molar-refractivity contribution in [3.8, 4) is 16.9 Å². The molecule has 100 valence electrons. The zero-order chi connectivity index (χ0) is 13.1. The summed E-state index contributed by atoms with van der Waals surface area (Å²) in [6, 6.07) is 8.50. The molecule has 0 amide bonds. The van der Waals surface area contributed by atoms with Gasteiger partial charge in [-0.25, -0.2) is 0 Å². The first-order chi connectivity index (χ1) is 9.36. The lowest BCUT2D eigenvalue weighted by Crippen LogP contribution is -2.23. The number of hydrogen-bond donors (Lipinski definition) is 1. The summed E-state index contributed by atoms with van der Waals surface area (Å²) in [6.45, 7) is 1.10. The molecule has 4 heteroatoms. The molecule has 1 aliphatic heterocycles. The van der Waals surface area contributed by atoms with Gasteiger partial charge in [-0.3, -0.25) is 0 Å². The van der Waals surface area contributed by atoms with Crippen LogP contribution in [-0.2, 0) is 6.42 Å². The average Bonchev–Trinajstić information content (AvgIpc) is 3.11. The highest BCUT2D eigenvalue weighted by molar-refractivity contribution is 5.66. The molecular weight excluding hydrogens is 240 g/mol. The van der Waals surface area contributed by atoms with Gasteiger partial charge in [-0.05, 0) is 37.1 Å². The Kier molecular flexibility index (Phi) is 3.51. The van der Waals surface area contributed by atoms with Crippen LogP contribution in [0.2, 0.25) is 0 Å². The monoisotopic (exact) mass is 258 g/mol. The first-order valence-corrected chi connectivity index (χ1v) is 6.68. The Morgan fingerprint density at radius 1 is 1.47 bits per heavy atom. The van der Waals surface area contributed by atoms with Crippen molar-refractivity contribution in [2.45, 2.75) is 25.3 Å². The molecule has 0 spiro atoms. The van der Waals surface area contributed by atoms with Crippen molar-refractivity contribution in [1.29, 1.82) is 0 Å². The van der Waals surface area contributed by atoms with E-state index in [4.69, 9.17) is 9.26 Å². The van der Waals surface area contributed by atoms with Gasteiger partial charge in [0.1, 0.15) is 11.5 Å². The van der Waals surface area contributed by atoms with Crippen LogP contribution in [0.4, 0.5) is 0 Å². The van der Waals surface area contributed by atoms with Crippen molar-refractivity contribution in [3.05, 3.63) is 36.2 Å². The predicted octanol–water partition coefficient (Wildman–Crippen LogP) is 2.64. The molecule has 1 aromatic carbocycles. The summed E-state index contributed by atoms with van der Waals surface area (Å²) < 4.78 is 10.7. The van der Waals surface area contributed by atoms with Crippen LogP contribution in [0, 0.1) is 0 Å². The van der Waals surface area contributed by atoms with Crippen LogP contribution < -0.4 is 10.1 Å². The van der Waals surface area contributed by atoms with Crippen LogP contribution in [0.1, 0.15) is 18.6 Å².